The molecule has 0 aliphatic carbocycles. The average Bonchev–Trinajstić information content (AvgIpc) is 3.06. The molecule has 0 aromatic heterocycles. The van der Waals surface area contributed by atoms with Gasteiger partial charge in [0.2, 0.25) is 11.8 Å². The third-order valence-electron chi connectivity index (χ3n) is 8.38. The number of rotatable bonds is 11. The van der Waals surface area contributed by atoms with Crippen molar-refractivity contribution in [2.24, 2.45) is 0 Å². The largest absolute Gasteiger partial charge is 0.444 e. The van der Waals surface area contributed by atoms with E-state index in [2.05, 4.69) is 16.0 Å². The van der Waals surface area contributed by atoms with Crippen molar-refractivity contribution in [1.29, 1.82) is 5.26 Å². The normalized spacial score (nSPS) is 17.1. The predicted octanol–water partition coefficient (Wildman–Crippen LogP) is 3.78. The van der Waals surface area contributed by atoms with Gasteiger partial charge in [-0.2, -0.15) is 5.26 Å². The summed E-state index contributed by atoms with van der Waals surface area (Å²) in [5.74, 6) is -1.44. The maximum absolute atomic E-state index is 13.7. The summed E-state index contributed by atoms with van der Waals surface area (Å²) in [5, 5.41) is 31.7. The molecule has 3 aromatic rings. The fourth-order valence-corrected chi connectivity index (χ4v) is 5.91. The highest BCUT2D eigenvalue weighted by molar-refractivity contribution is 6.00. The third-order valence-corrected chi connectivity index (χ3v) is 8.38. The zero-order chi connectivity index (χ0) is 37.3. The van der Waals surface area contributed by atoms with Crippen molar-refractivity contribution in [3.63, 3.8) is 0 Å². The molecular weight excluding hydrogens is 648 g/mol. The van der Waals surface area contributed by atoms with Gasteiger partial charge >= 0.3 is 6.09 Å². The van der Waals surface area contributed by atoms with Crippen LogP contribution in [0.1, 0.15) is 63.9 Å². The SMILES string of the molecule is CC(C)(C)NC(=O)[C@H]1CN(C(=O)OC(C)(C)C)CCN1C[C@@H](O)[C@H](Cc1ccccc1)NC(=O)[C@H](CC#N)NC(=O)c1ccc2ccccc2c1. The molecule has 0 bridgehead atoms. The van der Waals surface area contributed by atoms with E-state index in [0.717, 1.165) is 16.3 Å². The van der Waals surface area contributed by atoms with Gasteiger partial charge in [-0.15, -0.1) is 0 Å². The van der Waals surface area contributed by atoms with Crippen LogP contribution in [-0.2, 0) is 20.7 Å². The van der Waals surface area contributed by atoms with E-state index in [4.69, 9.17) is 4.74 Å². The number of ether oxygens (including phenoxy) is 1. The maximum atomic E-state index is 13.7. The number of piperazine rings is 1. The standard InChI is InChI=1S/C39H50N6O6/c1-38(2,3)43-36(49)32-24-45(37(50)51-39(4,5)6)21-20-44(32)25-33(46)31(22-26-12-8-7-9-13-26)42-35(48)30(18-19-40)41-34(47)29-17-16-27-14-10-11-15-28(27)23-29/h7-17,23,30-33,46H,18,20-22,24-25H2,1-6H3,(H,41,47)(H,42,48)(H,43,49)/t30-,31-,32+,33+/m0/s1. The number of carbonyl (C=O) groups is 4. The first kappa shape index (κ1) is 38.8. The fourth-order valence-electron chi connectivity index (χ4n) is 5.91. The number of nitrogens with zero attached hydrogens (tertiary/aromatic N) is 3. The molecule has 4 N–H and O–H groups in total. The number of nitrogens with one attached hydrogen (secondary N) is 3. The summed E-state index contributed by atoms with van der Waals surface area (Å²) in [6, 6.07) is 21.2. The molecular formula is C39H50N6O6. The first-order chi connectivity index (χ1) is 24.0. The summed E-state index contributed by atoms with van der Waals surface area (Å²) in [5.41, 5.74) is -0.0765. The van der Waals surface area contributed by atoms with Gasteiger partial charge in [0.25, 0.3) is 5.91 Å². The Hall–Kier alpha value is -4.99. The Balaban J connectivity index is 1.54. The Labute approximate surface area is 300 Å². The fraction of sp³-hybridized carbons (Fsp3) is 0.462. The van der Waals surface area contributed by atoms with E-state index in [1.165, 1.54) is 4.90 Å². The van der Waals surface area contributed by atoms with Crippen LogP contribution in [-0.4, -0.2) is 100 Å². The van der Waals surface area contributed by atoms with E-state index in [-0.39, 0.29) is 44.9 Å². The molecule has 1 aliphatic heterocycles. The van der Waals surface area contributed by atoms with E-state index in [0.29, 0.717) is 5.56 Å². The summed E-state index contributed by atoms with van der Waals surface area (Å²) in [7, 11) is 0. The minimum absolute atomic E-state index is 0.00542. The van der Waals surface area contributed by atoms with E-state index in [1.807, 2.05) is 92.4 Å². The Bertz CT molecular complexity index is 1730. The van der Waals surface area contributed by atoms with Crippen molar-refractivity contribution >= 4 is 34.6 Å². The quantitative estimate of drug-likeness (QED) is 0.235. The smallest absolute Gasteiger partial charge is 0.410 e. The zero-order valence-electron chi connectivity index (χ0n) is 30.3. The molecule has 0 saturated carbocycles. The number of amides is 4. The second kappa shape index (κ2) is 16.8. The Morgan fingerprint density at radius 2 is 1.59 bits per heavy atom. The maximum Gasteiger partial charge on any atom is 0.410 e. The molecule has 0 unspecified atom stereocenters. The number of β-amino-alcohol motifs (C(OH)–C–C–N with tert-alkyl or cyclic N) is 1. The highest BCUT2D eigenvalue weighted by atomic mass is 16.6. The van der Waals surface area contributed by atoms with Crippen LogP contribution >= 0.6 is 0 Å². The lowest BCUT2D eigenvalue weighted by atomic mass is 9.98. The molecule has 1 aliphatic rings. The molecule has 4 rings (SSSR count). The number of aliphatic hydroxyl groups excluding tert-OH is 1. The molecule has 1 saturated heterocycles. The molecule has 12 nitrogen and oxygen atoms in total. The van der Waals surface area contributed by atoms with E-state index < -0.39 is 53.3 Å². The number of hydrogen-bond donors (Lipinski definition) is 4. The van der Waals surface area contributed by atoms with Gasteiger partial charge in [0, 0.05) is 37.3 Å². The number of aliphatic hydroxyl groups is 1. The Morgan fingerprint density at radius 1 is 0.922 bits per heavy atom. The van der Waals surface area contributed by atoms with Crippen LogP contribution in [0.2, 0.25) is 0 Å². The van der Waals surface area contributed by atoms with Crippen molar-refractivity contribution in [2.45, 2.75) is 89.8 Å². The van der Waals surface area contributed by atoms with Gasteiger partial charge in [-0.05, 0) is 76.4 Å². The minimum Gasteiger partial charge on any atom is -0.444 e. The van der Waals surface area contributed by atoms with Crippen molar-refractivity contribution in [3.8, 4) is 6.07 Å². The Kier molecular flexibility index (Phi) is 12.8. The summed E-state index contributed by atoms with van der Waals surface area (Å²) in [6.07, 6.45) is -1.76. The number of carbonyl (C=O) groups excluding carboxylic acids is 4. The van der Waals surface area contributed by atoms with E-state index in [1.54, 1.807) is 32.9 Å². The summed E-state index contributed by atoms with van der Waals surface area (Å²) < 4.78 is 5.57. The molecule has 4 atom stereocenters. The first-order valence-electron chi connectivity index (χ1n) is 17.3. The second-order valence-corrected chi connectivity index (χ2v) is 15.0. The van der Waals surface area contributed by atoms with Crippen LogP contribution in [0.15, 0.2) is 72.8 Å². The molecule has 1 fully saturated rings. The van der Waals surface area contributed by atoms with Crippen molar-refractivity contribution < 1.29 is 29.0 Å². The molecule has 4 amide bonds. The van der Waals surface area contributed by atoms with Crippen LogP contribution < -0.4 is 16.0 Å². The van der Waals surface area contributed by atoms with Crippen LogP contribution in [0.5, 0.6) is 0 Å². The lowest BCUT2D eigenvalue weighted by Crippen LogP contribution is -2.64. The molecule has 272 valence electrons. The van der Waals surface area contributed by atoms with Crippen molar-refractivity contribution in [3.05, 3.63) is 83.9 Å². The topological polar surface area (TPSA) is 164 Å². The van der Waals surface area contributed by atoms with Gasteiger partial charge in [0.05, 0.1) is 24.6 Å². The van der Waals surface area contributed by atoms with Crippen molar-refractivity contribution in [1.82, 2.24) is 25.8 Å². The number of benzene rings is 3. The first-order valence-corrected chi connectivity index (χ1v) is 17.3. The number of hydrogen-bond acceptors (Lipinski definition) is 8. The zero-order valence-corrected chi connectivity index (χ0v) is 30.3. The van der Waals surface area contributed by atoms with Crippen LogP contribution in [0.3, 0.4) is 0 Å². The molecule has 1 heterocycles. The second-order valence-electron chi connectivity index (χ2n) is 15.0. The van der Waals surface area contributed by atoms with Gasteiger partial charge in [-0.3, -0.25) is 19.3 Å². The van der Waals surface area contributed by atoms with Crippen LogP contribution in [0.25, 0.3) is 10.8 Å². The average molecular weight is 699 g/mol. The monoisotopic (exact) mass is 698 g/mol. The number of fused-ring (bicyclic) bond motifs is 1. The molecule has 0 radical (unpaired) electrons. The van der Waals surface area contributed by atoms with Crippen molar-refractivity contribution in [2.75, 3.05) is 26.2 Å². The summed E-state index contributed by atoms with van der Waals surface area (Å²) in [4.78, 5) is 56.9. The lowest BCUT2D eigenvalue weighted by Gasteiger charge is -2.43. The van der Waals surface area contributed by atoms with Crippen LogP contribution in [0.4, 0.5) is 4.79 Å². The van der Waals surface area contributed by atoms with Gasteiger partial charge < -0.3 is 30.7 Å². The predicted molar refractivity (Wildman–Crippen MR) is 195 cm³/mol. The van der Waals surface area contributed by atoms with Gasteiger partial charge in [0.1, 0.15) is 17.7 Å². The highest BCUT2D eigenvalue weighted by Crippen LogP contribution is 2.19. The summed E-state index contributed by atoms with van der Waals surface area (Å²) in [6.45, 7) is 11.5. The molecule has 51 heavy (non-hydrogen) atoms. The minimum atomic E-state index is -1.19. The van der Waals surface area contributed by atoms with Gasteiger partial charge in [0.15, 0.2) is 0 Å². The molecule has 12 heteroatoms. The van der Waals surface area contributed by atoms with E-state index >= 15 is 0 Å². The van der Waals surface area contributed by atoms with Gasteiger partial charge in [-0.25, -0.2) is 4.79 Å². The Morgan fingerprint density at radius 3 is 2.24 bits per heavy atom. The van der Waals surface area contributed by atoms with E-state index in [9.17, 15) is 29.5 Å². The van der Waals surface area contributed by atoms with Crippen LogP contribution in [0, 0.1) is 11.3 Å². The highest BCUT2D eigenvalue weighted by Gasteiger charge is 2.39. The lowest BCUT2D eigenvalue weighted by molar-refractivity contribution is -0.131. The third kappa shape index (κ3) is 11.5. The summed E-state index contributed by atoms with van der Waals surface area (Å²) >= 11 is 0. The molecule has 3 aromatic carbocycles. The van der Waals surface area contributed by atoms with Gasteiger partial charge in [-0.1, -0.05) is 60.7 Å². The molecule has 0 spiro atoms. The number of nitriles is 1.